The van der Waals surface area contributed by atoms with Gasteiger partial charge in [-0.1, -0.05) is 13.3 Å². The standard InChI is InChI=1S/C21H24F2N2O6S/c1-2-3-17-11-21(13-31-17,20(26)24-27)25-32(28,29)18-8-6-16(7-9-18)30-12-14-4-5-15(22)10-19(14)23/h4-10,17,25,27H,2-3,11-13H2,1H3,(H,24,26). The van der Waals surface area contributed by atoms with Crippen molar-refractivity contribution >= 4 is 15.9 Å². The van der Waals surface area contributed by atoms with Crippen molar-refractivity contribution in [2.45, 2.75) is 49.3 Å². The molecule has 1 fully saturated rings. The lowest BCUT2D eigenvalue weighted by atomic mass is 9.95. The summed E-state index contributed by atoms with van der Waals surface area (Å²) >= 11 is 0. The molecule has 1 saturated heterocycles. The quantitative estimate of drug-likeness (QED) is 0.384. The maximum Gasteiger partial charge on any atom is 0.267 e. The molecule has 32 heavy (non-hydrogen) atoms. The monoisotopic (exact) mass is 470 g/mol. The van der Waals surface area contributed by atoms with Crippen molar-refractivity contribution in [2.24, 2.45) is 0 Å². The summed E-state index contributed by atoms with van der Waals surface area (Å²) in [6.45, 7) is 1.55. The van der Waals surface area contributed by atoms with Gasteiger partial charge in [-0.05, 0) is 42.8 Å². The van der Waals surface area contributed by atoms with Gasteiger partial charge in [-0.25, -0.2) is 22.7 Å². The van der Waals surface area contributed by atoms with Gasteiger partial charge in [-0.15, -0.1) is 0 Å². The summed E-state index contributed by atoms with van der Waals surface area (Å²) in [5, 5.41) is 9.11. The average molecular weight is 470 g/mol. The molecule has 1 heterocycles. The Morgan fingerprint density at radius 3 is 2.59 bits per heavy atom. The first-order valence-electron chi connectivity index (χ1n) is 9.96. The minimum Gasteiger partial charge on any atom is -0.489 e. The smallest absolute Gasteiger partial charge is 0.267 e. The number of hydroxylamine groups is 1. The molecule has 0 aliphatic carbocycles. The van der Waals surface area contributed by atoms with Crippen molar-refractivity contribution in [1.82, 2.24) is 10.2 Å². The summed E-state index contributed by atoms with van der Waals surface area (Å²) < 4.78 is 65.8. The maximum absolute atomic E-state index is 13.7. The summed E-state index contributed by atoms with van der Waals surface area (Å²) in [7, 11) is -4.15. The van der Waals surface area contributed by atoms with Gasteiger partial charge in [-0.3, -0.25) is 10.0 Å². The molecule has 2 unspecified atom stereocenters. The van der Waals surface area contributed by atoms with Crippen LogP contribution in [0.5, 0.6) is 5.75 Å². The van der Waals surface area contributed by atoms with Gasteiger partial charge in [-0.2, -0.15) is 4.72 Å². The second-order valence-electron chi connectivity index (χ2n) is 7.55. The van der Waals surface area contributed by atoms with E-state index in [0.717, 1.165) is 18.6 Å². The second kappa shape index (κ2) is 9.90. The number of benzene rings is 2. The number of sulfonamides is 1. The predicted octanol–water partition coefficient (Wildman–Crippen LogP) is 2.66. The van der Waals surface area contributed by atoms with E-state index in [2.05, 4.69) is 4.72 Å². The number of nitrogens with one attached hydrogen (secondary N) is 2. The Kier molecular flexibility index (Phi) is 7.44. The lowest BCUT2D eigenvalue weighted by molar-refractivity contribution is -0.135. The Labute approximate surface area is 184 Å². The molecule has 0 spiro atoms. The average Bonchev–Trinajstić information content (AvgIpc) is 3.16. The van der Waals surface area contributed by atoms with E-state index in [1.54, 1.807) is 0 Å². The molecule has 8 nitrogen and oxygen atoms in total. The van der Waals surface area contributed by atoms with Crippen molar-refractivity contribution < 1.29 is 36.7 Å². The van der Waals surface area contributed by atoms with E-state index in [0.29, 0.717) is 6.42 Å². The molecule has 0 saturated carbocycles. The first kappa shape index (κ1) is 24.1. The Morgan fingerprint density at radius 2 is 1.97 bits per heavy atom. The lowest BCUT2D eigenvalue weighted by Gasteiger charge is -2.26. The van der Waals surface area contributed by atoms with Gasteiger partial charge in [0.1, 0.15) is 29.5 Å². The Morgan fingerprint density at radius 1 is 1.25 bits per heavy atom. The molecule has 1 amide bonds. The lowest BCUT2D eigenvalue weighted by Crippen LogP contribution is -2.59. The molecule has 2 atom stereocenters. The summed E-state index contributed by atoms with van der Waals surface area (Å²) in [6.07, 6.45) is 1.19. The topological polar surface area (TPSA) is 114 Å². The fourth-order valence-electron chi connectivity index (χ4n) is 3.49. The number of halogens is 2. The molecule has 2 aromatic carbocycles. The van der Waals surface area contributed by atoms with Crippen LogP contribution in [0.15, 0.2) is 47.4 Å². The number of ether oxygens (including phenoxy) is 2. The number of rotatable bonds is 9. The van der Waals surface area contributed by atoms with Gasteiger partial charge < -0.3 is 9.47 Å². The molecule has 3 N–H and O–H groups in total. The van der Waals surface area contributed by atoms with E-state index in [1.165, 1.54) is 35.8 Å². The molecule has 1 aliphatic rings. The van der Waals surface area contributed by atoms with Crippen molar-refractivity contribution in [3.63, 3.8) is 0 Å². The van der Waals surface area contributed by atoms with Crippen molar-refractivity contribution in [3.8, 4) is 5.75 Å². The van der Waals surface area contributed by atoms with E-state index in [9.17, 15) is 22.0 Å². The highest BCUT2D eigenvalue weighted by molar-refractivity contribution is 7.89. The number of carbonyl (C=O) groups excluding carboxylic acids is 1. The Hall–Kier alpha value is -2.60. The number of hydrogen-bond donors (Lipinski definition) is 3. The molecular weight excluding hydrogens is 446 g/mol. The molecule has 0 bridgehead atoms. The molecule has 0 aromatic heterocycles. The van der Waals surface area contributed by atoms with Gasteiger partial charge in [0, 0.05) is 18.1 Å². The zero-order valence-corrected chi connectivity index (χ0v) is 18.1. The van der Waals surface area contributed by atoms with Crippen LogP contribution in [0.3, 0.4) is 0 Å². The van der Waals surface area contributed by atoms with Crippen LogP contribution in [0.1, 0.15) is 31.7 Å². The summed E-state index contributed by atoms with van der Waals surface area (Å²) in [5.41, 5.74) is 0.0208. The van der Waals surface area contributed by atoms with Gasteiger partial charge in [0.2, 0.25) is 10.0 Å². The van der Waals surface area contributed by atoms with E-state index in [-0.39, 0.29) is 41.9 Å². The third-order valence-corrected chi connectivity index (χ3v) is 6.71. The third-order valence-electron chi connectivity index (χ3n) is 5.16. The fraction of sp³-hybridized carbons (Fsp3) is 0.381. The van der Waals surface area contributed by atoms with Gasteiger partial charge in [0.15, 0.2) is 0 Å². The van der Waals surface area contributed by atoms with E-state index >= 15 is 0 Å². The Bertz CT molecular complexity index is 1060. The van der Waals surface area contributed by atoms with Crippen molar-refractivity contribution in [1.29, 1.82) is 0 Å². The van der Waals surface area contributed by atoms with Crippen LogP contribution in [0.2, 0.25) is 0 Å². The highest BCUT2D eigenvalue weighted by atomic mass is 32.2. The fourth-order valence-corrected chi connectivity index (χ4v) is 4.85. The normalized spacial score (nSPS) is 20.8. The molecule has 1 aliphatic heterocycles. The van der Waals surface area contributed by atoms with Crippen LogP contribution < -0.4 is 14.9 Å². The molecule has 3 rings (SSSR count). The maximum atomic E-state index is 13.7. The van der Waals surface area contributed by atoms with Crippen molar-refractivity contribution in [3.05, 3.63) is 59.7 Å². The van der Waals surface area contributed by atoms with Crippen LogP contribution in [-0.4, -0.2) is 37.8 Å². The van der Waals surface area contributed by atoms with Crippen LogP contribution in [0, 0.1) is 11.6 Å². The number of carbonyl (C=O) groups is 1. The number of amides is 1. The minimum absolute atomic E-state index is 0.0803. The van der Waals surface area contributed by atoms with Crippen LogP contribution >= 0.6 is 0 Å². The van der Waals surface area contributed by atoms with E-state index in [4.69, 9.17) is 14.7 Å². The summed E-state index contributed by atoms with van der Waals surface area (Å²) in [4.78, 5) is 12.1. The third kappa shape index (κ3) is 5.41. The van der Waals surface area contributed by atoms with Crippen LogP contribution in [-0.2, 0) is 26.2 Å². The molecule has 2 aromatic rings. The largest absolute Gasteiger partial charge is 0.489 e. The second-order valence-corrected chi connectivity index (χ2v) is 9.23. The Balaban J connectivity index is 1.71. The highest BCUT2D eigenvalue weighted by Gasteiger charge is 2.49. The van der Waals surface area contributed by atoms with Gasteiger partial charge in [0.25, 0.3) is 5.91 Å². The first-order chi connectivity index (χ1) is 15.2. The van der Waals surface area contributed by atoms with Gasteiger partial charge in [0.05, 0.1) is 17.6 Å². The van der Waals surface area contributed by atoms with Crippen molar-refractivity contribution in [2.75, 3.05) is 6.61 Å². The SMILES string of the molecule is CCCC1CC(NS(=O)(=O)c2ccc(OCc3ccc(F)cc3F)cc2)(C(=O)NO)CO1. The molecular formula is C21H24F2N2O6S. The zero-order chi connectivity index (χ0) is 23.4. The van der Waals surface area contributed by atoms with Crippen LogP contribution in [0.4, 0.5) is 8.78 Å². The predicted molar refractivity (Wildman–Crippen MR) is 109 cm³/mol. The van der Waals surface area contributed by atoms with Gasteiger partial charge >= 0.3 is 0 Å². The minimum atomic E-state index is -4.15. The zero-order valence-electron chi connectivity index (χ0n) is 17.3. The molecule has 174 valence electrons. The summed E-state index contributed by atoms with van der Waals surface area (Å²) in [5.74, 6) is -2.08. The summed E-state index contributed by atoms with van der Waals surface area (Å²) in [6, 6.07) is 8.40. The molecule has 11 heteroatoms. The first-order valence-corrected chi connectivity index (χ1v) is 11.4. The molecule has 0 radical (unpaired) electrons. The highest BCUT2D eigenvalue weighted by Crippen LogP contribution is 2.29. The van der Waals surface area contributed by atoms with Crippen LogP contribution in [0.25, 0.3) is 0 Å². The van der Waals surface area contributed by atoms with E-state index in [1.807, 2.05) is 6.92 Å². The van der Waals surface area contributed by atoms with E-state index < -0.39 is 33.1 Å². The number of hydrogen-bond acceptors (Lipinski definition) is 6.